The molecule has 0 aliphatic carbocycles. The number of H-pyrrole nitrogens is 1. The molecular formula is C43H48N5O10P. The molecule has 0 saturated carbocycles. The van der Waals surface area contributed by atoms with Gasteiger partial charge < -0.3 is 28.0 Å². The summed E-state index contributed by atoms with van der Waals surface area (Å²) in [4.78, 5) is 40.0. The fourth-order valence-corrected chi connectivity index (χ4v) is 9.22. The first-order chi connectivity index (χ1) is 28.4. The van der Waals surface area contributed by atoms with E-state index in [1.165, 1.54) is 16.7 Å². The summed E-state index contributed by atoms with van der Waals surface area (Å²) in [6.07, 6.45) is -2.33. The van der Waals surface area contributed by atoms with Crippen LogP contribution in [0.3, 0.4) is 0 Å². The van der Waals surface area contributed by atoms with E-state index in [2.05, 4.69) is 15.7 Å². The number of rotatable bonds is 18. The van der Waals surface area contributed by atoms with Gasteiger partial charge in [-0.25, -0.2) is 9.46 Å². The predicted octanol–water partition coefficient (Wildman–Crippen LogP) is 7.57. The normalized spacial score (nSPS) is 17.4. The molecule has 4 aromatic carbocycles. The largest absolute Gasteiger partial charge is 0.497 e. The SMILES string of the molecule is COc1ccc(C(OC[C@H]2O[C@@H](n3c(=O)[nH]c(=O)c4cc([N+](=O)[O-])ccc43)C[C@@H]2OP(OCCC#N)N(C(C)C)C(C)C)(c2ccccc2)c2ccc(OC)cc2)cc1. The van der Waals surface area contributed by atoms with Gasteiger partial charge >= 0.3 is 5.69 Å². The lowest BCUT2D eigenvalue weighted by Gasteiger charge is -2.39. The highest BCUT2D eigenvalue weighted by Gasteiger charge is 2.45. The maximum Gasteiger partial charge on any atom is 0.330 e. The number of aromatic amines is 1. The summed E-state index contributed by atoms with van der Waals surface area (Å²) in [6.45, 7) is 8.19. The number of non-ortho nitro benzene ring substituents is 1. The van der Waals surface area contributed by atoms with E-state index in [1.807, 2.05) is 107 Å². The van der Waals surface area contributed by atoms with Gasteiger partial charge in [0.15, 0.2) is 0 Å². The van der Waals surface area contributed by atoms with Crippen molar-refractivity contribution in [2.45, 2.75) is 76.7 Å². The zero-order chi connectivity index (χ0) is 42.3. The van der Waals surface area contributed by atoms with Crippen LogP contribution in [0.15, 0.2) is 107 Å². The minimum Gasteiger partial charge on any atom is -0.497 e. The average molecular weight is 826 g/mol. The van der Waals surface area contributed by atoms with Crippen molar-refractivity contribution >= 4 is 25.1 Å². The van der Waals surface area contributed by atoms with E-state index < -0.39 is 48.7 Å². The molecule has 0 spiro atoms. The first-order valence-corrected chi connectivity index (χ1v) is 20.4. The molecule has 15 nitrogen and oxygen atoms in total. The van der Waals surface area contributed by atoms with Crippen molar-refractivity contribution in [1.82, 2.24) is 14.2 Å². The second-order valence-corrected chi connectivity index (χ2v) is 15.9. The molecule has 0 bridgehead atoms. The van der Waals surface area contributed by atoms with Gasteiger partial charge in [-0.15, -0.1) is 0 Å². The number of nitrogens with zero attached hydrogens (tertiary/aromatic N) is 4. The number of nitriles is 1. The van der Waals surface area contributed by atoms with Crippen LogP contribution in [-0.2, 0) is 24.1 Å². The molecule has 1 fully saturated rings. The van der Waals surface area contributed by atoms with Crippen molar-refractivity contribution in [2.24, 2.45) is 0 Å². The molecule has 1 aromatic heterocycles. The third kappa shape index (κ3) is 9.24. The van der Waals surface area contributed by atoms with E-state index in [4.69, 9.17) is 28.0 Å². The number of nitrogens with one attached hydrogen (secondary N) is 1. The van der Waals surface area contributed by atoms with Gasteiger partial charge in [-0.1, -0.05) is 54.6 Å². The zero-order valence-corrected chi connectivity index (χ0v) is 34.7. The van der Waals surface area contributed by atoms with Gasteiger partial charge in [0.1, 0.15) is 29.4 Å². The summed E-state index contributed by atoms with van der Waals surface area (Å²) in [6, 6.07) is 30.9. The fraction of sp³-hybridized carbons (Fsp3) is 0.372. The van der Waals surface area contributed by atoms with Gasteiger partial charge in [0.2, 0.25) is 0 Å². The van der Waals surface area contributed by atoms with Gasteiger partial charge in [-0.2, -0.15) is 5.26 Å². The van der Waals surface area contributed by atoms with E-state index >= 15 is 0 Å². The molecule has 0 radical (unpaired) electrons. The smallest absolute Gasteiger partial charge is 0.330 e. The van der Waals surface area contributed by atoms with E-state index in [0.717, 1.165) is 22.8 Å². The van der Waals surface area contributed by atoms with Crippen molar-refractivity contribution in [3.8, 4) is 17.6 Å². The quantitative estimate of drug-likeness (QED) is 0.0301. The van der Waals surface area contributed by atoms with Crippen molar-refractivity contribution < 1.29 is 32.9 Å². The molecule has 310 valence electrons. The van der Waals surface area contributed by atoms with E-state index in [-0.39, 0.29) is 54.7 Å². The predicted molar refractivity (Wildman–Crippen MR) is 222 cm³/mol. The number of methoxy groups -OCH3 is 2. The molecule has 1 aliphatic rings. The Kier molecular flexibility index (Phi) is 13.9. The Morgan fingerprint density at radius 3 is 2.07 bits per heavy atom. The number of nitro groups is 1. The zero-order valence-electron chi connectivity index (χ0n) is 33.8. The Balaban J connectivity index is 1.48. The Morgan fingerprint density at radius 1 is 0.932 bits per heavy atom. The third-order valence-electron chi connectivity index (χ3n) is 10.1. The van der Waals surface area contributed by atoms with Crippen LogP contribution in [-0.4, -0.2) is 70.9 Å². The highest BCUT2D eigenvalue weighted by molar-refractivity contribution is 7.44. The highest BCUT2D eigenvalue weighted by atomic mass is 31.2. The Hall–Kier alpha value is -5.46. The van der Waals surface area contributed by atoms with Crippen molar-refractivity contribution in [3.05, 3.63) is 145 Å². The Morgan fingerprint density at radius 2 is 1.53 bits per heavy atom. The summed E-state index contributed by atoms with van der Waals surface area (Å²) < 4.78 is 41.7. The minimum atomic E-state index is -1.78. The molecule has 1 aliphatic heterocycles. The first-order valence-electron chi connectivity index (χ1n) is 19.2. The van der Waals surface area contributed by atoms with Crippen molar-refractivity contribution in [2.75, 3.05) is 27.4 Å². The fourth-order valence-electron chi connectivity index (χ4n) is 7.46. The average Bonchev–Trinajstić information content (AvgIpc) is 3.62. The van der Waals surface area contributed by atoms with Gasteiger partial charge in [0.25, 0.3) is 19.8 Å². The van der Waals surface area contributed by atoms with Crippen LogP contribution in [0.2, 0.25) is 0 Å². The lowest BCUT2D eigenvalue weighted by molar-refractivity contribution is -0.384. The summed E-state index contributed by atoms with van der Waals surface area (Å²) in [5.74, 6) is 1.32. The van der Waals surface area contributed by atoms with Crippen LogP contribution in [0.5, 0.6) is 11.5 Å². The molecule has 16 heteroatoms. The Labute approximate surface area is 343 Å². The van der Waals surface area contributed by atoms with Crippen molar-refractivity contribution in [1.29, 1.82) is 5.26 Å². The summed E-state index contributed by atoms with van der Waals surface area (Å²) in [5.41, 5.74) is -0.482. The van der Waals surface area contributed by atoms with Gasteiger partial charge in [0, 0.05) is 30.6 Å². The lowest BCUT2D eigenvalue weighted by atomic mass is 9.80. The first kappa shape index (κ1) is 43.1. The van der Waals surface area contributed by atoms with Crippen molar-refractivity contribution in [3.63, 3.8) is 0 Å². The lowest BCUT2D eigenvalue weighted by Crippen LogP contribution is -2.39. The van der Waals surface area contributed by atoms with E-state index in [0.29, 0.717) is 11.5 Å². The van der Waals surface area contributed by atoms with Crippen LogP contribution < -0.4 is 20.7 Å². The summed E-state index contributed by atoms with van der Waals surface area (Å²) in [5, 5.41) is 21.0. The molecule has 0 amide bonds. The minimum absolute atomic E-state index is 0.00607. The molecule has 1 saturated heterocycles. The molecule has 1 N–H and O–H groups in total. The maximum atomic E-state index is 13.7. The molecule has 5 aromatic rings. The molecular weight excluding hydrogens is 777 g/mol. The van der Waals surface area contributed by atoms with Crippen LogP contribution in [0.25, 0.3) is 10.9 Å². The summed E-state index contributed by atoms with van der Waals surface area (Å²) in [7, 11) is 1.42. The van der Waals surface area contributed by atoms with Crippen LogP contribution in [0.4, 0.5) is 5.69 Å². The molecule has 2 heterocycles. The third-order valence-corrected chi connectivity index (χ3v) is 12.3. The number of fused-ring (bicyclic) bond motifs is 1. The van der Waals surface area contributed by atoms with Crippen LogP contribution >= 0.6 is 8.53 Å². The molecule has 4 atom stereocenters. The number of benzene rings is 4. The highest BCUT2D eigenvalue weighted by Crippen LogP contribution is 2.51. The second-order valence-electron chi connectivity index (χ2n) is 14.5. The molecule has 59 heavy (non-hydrogen) atoms. The van der Waals surface area contributed by atoms with Crippen LogP contribution in [0, 0.1) is 21.4 Å². The van der Waals surface area contributed by atoms with E-state index in [1.54, 1.807) is 14.2 Å². The number of nitro benzene ring substituents is 1. The number of ether oxygens (including phenoxy) is 4. The van der Waals surface area contributed by atoms with Gasteiger partial charge in [-0.3, -0.25) is 24.5 Å². The van der Waals surface area contributed by atoms with E-state index in [9.17, 15) is 25.0 Å². The summed E-state index contributed by atoms with van der Waals surface area (Å²) >= 11 is 0. The number of hydrogen-bond acceptors (Lipinski definition) is 12. The maximum absolute atomic E-state index is 13.7. The topological polar surface area (TPSA) is 180 Å². The molecule has 1 unspecified atom stereocenters. The number of hydrogen-bond donors (Lipinski definition) is 1. The monoisotopic (exact) mass is 825 g/mol. The van der Waals surface area contributed by atoms with Crippen LogP contribution in [0.1, 0.15) is 63.5 Å². The van der Waals surface area contributed by atoms with Gasteiger partial charge in [0.05, 0.1) is 61.9 Å². The van der Waals surface area contributed by atoms with Gasteiger partial charge in [-0.05, 0) is 74.7 Å². The standard InChI is InChI=1S/C43H48N5O10P/c1-28(2)47(29(3)4)59(56-24-10-23-44)58-38-26-40(46-37-22-17-33(48(51)52)25-36(37)41(49)45-42(46)50)57-39(38)27-55-43(30-11-8-7-9-12-30,31-13-18-34(53-5)19-14-31)32-15-20-35(54-6)21-16-32/h7-9,11-22,25,28-29,38-40H,10,24,26-27H2,1-6H3,(H,45,49,50)/t38-,39+,40+,59?/m0/s1. The number of aromatic nitrogens is 2. The second kappa shape index (κ2) is 19.1. The Bertz CT molecular complexity index is 2310. The molecule has 6 rings (SSSR count).